The van der Waals surface area contributed by atoms with Gasteiger partial charge in [0.25, 0.3) is 0 Å². The van der Waals surface area contributed by atoms with E-state index in [-0.39, 0.29) is 24.8 Å². The number of carbonyl (C=O) groups is 2. The van der Waals surface area contributed by atoms with Crippen LogP contribution in [0.1, 0.15) is 43.7 Å². The molecule has 0 aliphatic heterocycles. The standard InChI is InChI=1S/C31H37ClN2O4/c1-3-4-20-33-31(36)29(22-24-11-6-5-7-12-24)34(23-25-13-8-9-14-28(25)32)30(35)15-10-21-38-27-18-16-26(37-2)17-19-27/h5-9,11-14,16-19,29H,3-4,10,15,20-23H2,1-2H3,(H,33,36). The first-order chi connectivity index (χ1) is 18.5. The van der Waals surface area contributed by atoms with Gasteiger partial charge in [0.05, 0.1) is 13.7 Å². The molecular formula is C31H37ClN2O4. The van der Waals surface area contributed by atoms with E-state index in [0.29, 0.717) is 36.8 Å². The van der Waals surface area contributed by atoms with Crippen LogP contribution in [0.2, 0.25) is 5.02 Å². The highest BCUT2D eigenvalue weighted by Gasteiger charge is 2.30. The van der Waals surface area contributed by atoms with Gasteiger partial charge >= 0.3 is 0 Å². The minimum absolute atomic E-state index is 0.116. The first kappa shape index (κ1) is 29.1. The highest BCUT2D eigenvalue weighted by atomic mass is 35.5. The van der Waals surface area contributed by atoms with Gasteiger partial charge in [0, 0.05) is 31.0 Å². The van der Waals surface area contributed by atoms with Crippen LogP contribution in [-0.4, -0.2) is 43.0 Å². The average molecular weight is 537 g/mol. The van der Waals surface area contributed by atoms with Gasteiger partial charge in [-0.1, -0.05) is 73.5 Å². The third-order valence-corrected chi connectivity index (χ3v) is 6.63. The van der Waals surface area contributed by atoms with Crippen molar-refractivity contribution >= 4 is 23.4 Å². The second kappa shape index (κ2) is 15.7. The fraction of sp³-hybridized carbons (Fsp3) is 0.355. The predicted molar refractivity (Wildman–Crippen MR) is 152 cm³/mol. The molecule has 3 aromatic carbocycles. The van der Waals surface area contributed by atoms with E-state index in [0.717, 1.165) is 29.7 Å². The van der Waals surface area contributed by atoms with Gasteiger partial charge < -0.3 is 19.7 Å². The van der Waals surface area contributed by atoms with E-state index in [9.17, 15) is 9.59 Å². The molecule has 1 N–H and O–H groups in total. The van der Waals surface area contributed by atoms with E-state index in [4.69, 9.17) is 21.1 Å². The zero-order valence-electron chi connectivity index (χ0n) is 22.2. The molecule has 3 aromatic rings. The van der Waals surface area contributed by atoms with E-state index in [1.54, 1.807) is 18.1 Å². The van der Waals surface area contributed by atoms with Crippen LogP contribution < -0.4 is 14.8 Å². The number of hydrogen-bond donors (Lipinski definition) is 1. The summed E-state index contributed by atoms with van der Waals surface area (Å²) in [5.41, 5.74) is 1.79. The lowest BCUT2D eigenvalue weighted by Gasteiger charge is -2.32. The Balaban J connectivity index is 1.76. The quantitative estimate of drug-likeness (QED) is 0.240. The molecule has 0 spiro atoms. The number of nitrogens with one attached hydrogen (secondary N) is 1. The van der Waals surface area contributed by atoms with Crippen molar-refractivity contribution in [3.8, 4) is 11.5 Å². The van der Waals surface area contributed by atoms with Crippen LogP contribution in [0, 0.1) is 0 Å². The van der Waals surface area contributed by atoms with Crippen molar-refractivity contribution in [1.29, 1.82) is 0 Å². The summed E-state index contributed by atoms with van der Waals surface area (Å²) in [5, 5.41) is 3.60. The van der Waals surface area contributed by atoms with E-state index in [1.807, 2.05) is 72.8 Å². The average Bonchev–Trinajstić information content (AvgIpc) is 2.94. The number of carbonyl (C=O) groups excluding carboxylic acids is 2. The van der Waals surface area contributed by atoms with E-state index in [1.165, 1.54) is 0 Å². The number of rotatable bonds is 15. The Kier molecular flexibility index (Phi) is 12.0. The Morgan fingerprint density at radius 3 is 2.29 bits per heavy atom. The van der Waals surface area contributed by atoms with Gasteiger partial charge in [0.15, 0.2) is 0 Å². The van der Waals surface area contributed by atoms with Gasteiger partial charge in [-0.15, -0.1) is 0 Å². The number of benzene rings is 3. The van der Waals surface area contributed by atoms with Crippen LogP contribution in [-0.2, 0) is 22.6 Å². The maximum absolute atomic E-state index is 13.7. The lowest BCUT2D eigenvalue weighted by Crippen LogP contribution is -2.50. The molecule has 0 aromatic heterocycles. The second-order valence-electron chi connectivity index (χ2n) is 9.09. The molecule has 3 rings (SSSR count). The van der Waals surface area contributed by atoms with E-state index >= 15 is 0 Å². The van der Waals surface area contributed by atoms with Gasteiger partial charge in [0.2, 0.25) is 11.8 Å². The molecule has 0 heterocycles. The second-order valence-corrected chi connectivity index (χ2v) is 9.50. The Morgan fingerprint density at radius 1 is 0.921 bits per heavy atom. The number of halogens is 1. The number of nitrogens with zero attached hydrogens (tertiary/aromatic N) is 1. The van der Waals surface area contributed by atoms with Crippen molar-refractivity contribution < 1.29 is 19.1 Å². The smallest absolute Gasteiger partial charge is 0.243 e. The summed E-state index contributed by atoms with van der Waals surface area (Å²) in [6.45, 7) is 3.28. The van der Waals surface area contributed by atoms with Gasteiger partial charge in [-0.25, -0.2) is 0 Å². The third-order valence-electron chi connectivity index (χ3n) is 6.26. The lowest BCUT2D eigenvalue weighted by molar-refractivity contribution is -0.141. The summed E-state index contributed by atoms with van der Waals surface area (Å²) >= 11 is 6.47. The molecular weight excluding hydrogens is 500 g/mol. The van der Waals surface area contributed by atoms with Crippen molar-refractivity contribution in [2.45, 2.75) is 51.6 Å². The summed E-state index contributed by atoms with van der Waals surface area (Å²) in [4.78, 5) is 28.8. The molecule has 1 atom stereocenters. The Morgan fingerprint density at radius 2 is 1.61 bits per heavy atom. The molecule has 1 unspecified atom stereocenters. The zero-order valence-corrected chi connectivity index (χ0v) is 23.0. The lowest BCUT2D eigenvalue weighted by atomic mass is 10.0. The van der Waals surface area contributed by atoms with Crippen molar-refractivity contribution in [2.24, 2.45) is 0 Å². The SMILES string of the molecule is CCCCNC(=O)C(Cc1ccccc1)N(Cc1ccccc1Cl)C(=O)CCCOc1ccc(OC)cc1. The van der Waals surface area contributed by atoms with Gasteiger partial charge in [0.1, 0.15) is 17.5 Å². The summed E-state index contributed by atoms with van der Waals surface area (Å²) in [6.07, 6.45) is 3.02. The van der Waals surface area contributed by atoms with Crippen molar-refractivity contribution in [2.75, 3.05) is 20.3 Å². The van der Waals surface area contributed by atoms with Gasteiger partial charge in [-0.2, -0.15) is 0 Å². The zero-order chi connectivity index (χ0) is 27.2. The summed E-state index contributed by atoms with van der Waals surface area (Å²) in [5.74, 6) is 1.19. The summed E-state index contributed by atoms with van der Waals surface area (Å²) in [6, 6.07) is 23.9. The number of methoxy groups -OCH3 is 1. The normalized spacial score (nSPS) is 11.4. The predicted octanol–water partition coefficient (Wildman–Crippen LogP) is 6.06. The van der Waals surface area contributed by atoms with Crippen molar-refractivity contribution in [1.82, 2.24) is 10.2 Å². The van der Waals surface area contributed by atoms with Crippen LogP contribution in [0.3, 0.4) is 0 Å². The molecule has 0 saturated carbocycles. The molecule has 0 radical (unpaired) electrons. The molecule has 6 nitrogen and oxygen atoms in total. The molecule has 2 amide bonds. The first-order valence-electron chi connectivity index (χ1n) is 13.1. The summed E-state index contributed by atoms with van der Waals surface area (Å²) in [7, 11) is 1.62. The Labute approximate surface area is 230 Å². The van der Waals surface area contributed by atoms with Crippen molar-refractivity contribution in [3.63, 3.8) is 0 Å². The van der Waals surface area contributed by atoms with Crippen LogP contribution in [0.15, 0.2) is 78.9 Å². The molecule has 7 heteroatoms. The first-order valence-corrected chi connectivity index (χ1v) is 13.5. The molecule has 0 bridgehead atoms. The maximum atomic E-state index is 13.7. The van der Waals surface area contributed by atoms with E-state index in [2.05, 4.69) is 12.2 Å². The minimum atomic E-state index is -0.666. The third kappa shape index (κ3) is 9.10. The summed E-state index contributed by atoms with van der Waals surface area (Å²) < 4.78 is 11.0. The van der Waals surface area contributed by atoms with Crippen LogP contribution in [0.25, 0.3) is 0 Å². The molecule has 0 fully saturated rings. The molecule has 38 heavy (non-hydrogen) atoms. The number of unbranched alkanes of at least 4 members (excludes halogenated alkanes) is 1. The largest absolute Gasteiger partial charge is 0.497 e. The Hall–Kier alpha value is -3.51. The number of ether oxygens (including phenoxy) is 2. The number of hydrogen-bond acceptors (Lipinski definition) is 4. The Bertz CT molecular complexity index is 1140. The maximum Gasteiger partial charge on any atom is 0.243 e. The number of amides is 2. The fourth-order valence-electron chi connectivity index (χ4n) is 4.10. The highest BCUT2D eigenvalue weighted by Crippen LogP contribution is 2.22. The molecule has 0 saturated heterocycles. The molecule has 0 aliphatic rings. The van der Waals surface area contributed by atoms with Gasteiger partial charge in [-0.05, 0) is 54.3 Å². The van der Waals surface area contributed by atoms with E-state index < -0.39 is 6.04 Å². The fourth-order valence-corrected chi connectivity index (χ4v) is 4.29. The van der Waals surface area contributed by atoms with Crippen LogP contribution >= 0.6 is 11.6 Å². The van der Waals surface area contributed by atoms with Crippen LogP contribution in [0.4, 0.5) is 0 Å². The molecule has 202 valence electrons. The minimum Gasteiger partial charge on any atom is -0.497 e. The topological polar surface area (TPSA) is 67.9 Å². The highest BCUT2D eigenvalue weighted by molar-refractivity contribution is 6.31. The van der Waals surface area contributed by atoms with Crippen molar-refractivity contribution in [3.05, 3.63) is 95.0 Å². The monoisotopic (exact) mass is 536 g/mol. The molecule has 0 aliphatic carbocycles. The van der Waals surface area contributed by atoms with Crippen LogP contribution in [0.5, 0.6) is 11.5 Å². The van der Waals surface area contributed by atoms with Gasteiger partial charge in [-0.3, -0.25) is 9.59 Å².